The molecule has 13 heteroatoms. The SMILES string of the molecule is Cc1csc([C@H]2CCCN2C(=O)c2cc(C(=O)N[C@@H](C)CC(NCc3cccc(C(F)(F)F)c3)c3cccc(O)c3)cc(C(F)F)c2)n1. The van der Waals surface area contributed by atoms with Crippen LogP contribution in [0.4, 0.5) is 22.0 Å². The summed E-state index contributed by atoms with van der Waals surface area (Å²) in [5.41, 5.74) is 0.489. The van der Waals surface area contributed by atoms with Gasteiger partial charge in [-0.15, -0.1) is 11.3 Å². The van der Waals surface area contributed by atoms with Crippen molar-refractivity contribution < 1.29 is 36.6 Å². The number of rotatable bonds is 11. The highest BCUT2D eigenvalue weighted by Gasteiger charge is 2.34. The molecular weight excluding hydrogens is 651 g/mol. The number of alkyl halides is 5. The van der Waals surface area contributed by atoms with Gasteiger partial charge >= 0.3 is 6.18 Å². The molecule has 1 aromatic heterocycles. The van der Waals surface area contributed by atoms with E-state index in [1.54, 1.807) is 30.0 Å². The predicted octanol–water partition coefficient (Wildman–Crippen LogP) is 8.13. The van der Waals surface area contributed by atoms with Gasteiger partial charge in [0.1, 0.15) is 10.8 Å². The van der Waals surface area contributed by atoms with E-state index in [1.165, 1.54) is 35.6 Å². The average molecular weight is 687 g/mol. The van der Waals surface area contributed by atoms with Crippen molar-refractivity contribution in [3.63, 3.8) is 0 Å². The van der Waals surface area contributed by atoms with E-state index in [1.807, 2.05) is 12.3 Å². The fourth-order valence-electron chi connectivity index (χ4n) is 5.89. The molecule has 0 spiro atoms. The predicted molar refractivity (Wildman–Crippen MR) is 172 cm³/mol. The molecule has 0 aliphatic carbocycles. The number of hydrogen-bond acceptors (Lipinski definition) is 6. The smallest absolute Gasteiger partial charge is 0.416 e. The molecule has 1 fully saturated rings. The summed E-state index contributed by atoms with van der Waals surface area (Å²) in [6.45, 7) is 4.05. The fourth-order valence-corrected chi connectivity index (χ4v) is 6.83. The van der Waals surface area contributed by atoms with Crippen LogP contribution in [-0.2, 0) is 12.7 Å². The highest BCUT2D eigenvalue weighted by molar-refractivity contribution is 7.09. The van der Waals surface area contributed by atoms with E-state index in [0.717, 1.165) is 41.4 Å². The van der Waals surface area contributed by atoms with Gasteiger partial charge in [-0.2, -0.15) is 13.2 Å². The number of aryl methyl sites for hydroxylation is 1. The van der Waals surface area contributed by atoms with Crippen LogP contribution >= 0.6 is 11.3 Å². The second-order valence-corrected chi connectivity index (χ2v) is 12.9. The first-order chi connectivity index (χ1) is 22.8. The second-order valence-electron chi connectivity index (χ2n) is 12.0. The van der Waals surface area contributed by atoms with Crippen LogP contribution in [0.15, 0.2) is 72.1 Å². The maximum atomic E-state index is 14.0. The third-order valence-electron chi connectivity index (χ3n) is 8.20. The lowest BCUT2D eigenvalue weighted by atomic mass is 9.98. The Hall–Kier alpha value is -4.36. The summed E-state index contributed by atoms with van der Waals surface area (Å²) in [5, 5.41) is 18.8. The molecule has 3 atom stereocenters. The summed E-state index contributed by atoms with van der Waals surface area (Å²) in [4.78, 5) is 33.2. The number of benzene rings is 3. The van der Waals surface area contributed by atoms with Crippen LogP contribution in [0.5, 0.6) is 5.75 Å². The number of thiazole rings is 1. The van der Waals surface area contributed by atoms with Gasteiger partial charge in [-0.05, 0) is 80.6 Å². The van der Waals surface area contributed by atoms with Crippen molar-refractivity contribution in [3.8, 4) is 5.75 Å². The summed E-state index contributed by atoms with van der Waals surface area (Å²) in [7, 11) is 0. The van der Waals surface area contributed by atoms with Gasteiger partial charge in [-0.3, -0.25) is 9.59 Å². The van der Waals surface area contributed by atoms with Crippen molar-refractivity contribution in [1.29, 1.82) is 0 Å². The fraction of sp³-hybridized carbons (Fsp3) is 0.343. The van der Waals surface area contributed by atoms with Gasteiger partial charge in [0, 0.05) is 52.9 Å². The van der Waals surface area contributed by atoms with Crippen LogP contribution < -0.4 is 10.6 Å². The van der Waals surface area contributed by atoms with E-state index in [0.29, 0.717) is 24.1 Å². The van der Waals surface area contributed by atoms with E-state index in [9.17, 15) is 36.6 Å². The van der Waals surface area contributed by atoms with Crippen molar-refractivity contribution in [2.24, 2.45) is 0 Å². The van der Waals surface area contributed by atoms with E-state index in [2.05, 4.69) is 15.6 Å². The molecule has 1 saturated heterocycles. The molecule has 0 bridgehead atoms. The minimum atomic E-state index is -4.50. The van der Waals surface area contributed by atoms with Gasteiger partial charge in [0.05, 0.1) is 11.6 Å². The van der Waals surface area contributed by atoms with Crippen molar-refractivity contribution in [1.82, 2.24) is 20.5 Å². The number of aromatic hydroxyl groups is 1. The Morgan fingerprint density at radius 1 is 1.04 bits per heavy atom. The first-order valence-corrected chi connectivity index (χ1v) is 16.3. The average Bonchev–Trinajstić information content (AvgIpc) is 3.71. The van der Waals surface area contributed by atoms with E-state index >= 15 is 0 Å². The Bertz CT molecular complexity index is 1760. The van der Waals surface area contributed by atoms with Gasteiger partial charge < -0.3 is 20.6 Å². The molecule has 2 heterocycles. The molecule has 3 N–H and O–H groups in total. The number of phenols is 1. The first-order valence-electron chi connectivity index (χ1n) is 15.4. The molecule has 1 unspecified atom stereocenters. The summed E-state index contributed by atoms with van der Waals surface area (Å²) in [6.07, 6.45) is -5.76. The Labute approximate surface area is 278 Å². The number of halogens is 5. The van der Waals surface area contributed by atoms with Gasteiger partial charge in [-0.25, -0.2) is 13.8 Å². The van der Waals surface area contributed by atoms with Gasteiger partial charge in [0.2, 0.25) is 0 Å². The number of carbonyl (C=O) groups excluding carboxylic acids is 2. The van der Waals surface area contributed by atoms with Crippen LogP contribution in [0.3, 0.4) is 0 Å². The molecule has 7 nitrogen and oxygen atoms in total. The zero-order valence-electron chi connectivity index (χ0n) is 26.2. The first kappa shape index (κ1) is 35.0. The number of phenolic OH excluding ortho intramolecular Hbond substituents is 1. The minimum Gasteiger partial charge on any atom is -0.508 e. The van der Waals surface area contributed by atoms with Crippen LogP contribution in [0.1, 0.15) is 98.4 Å². The highest BCUT2D eigenvalue weighted by atomic mass is 32.1. The van der Waals surface area contributed by atoms with Crippen molar-refractivity contribution in [3.05, 3.63) is 116 Å². The van der Waals surface area contributed by atoms with Gasteiger partial charge in [-0.1, -0.05) is 30.3 Å². The van der Waals surface area contributed by atoms with E-state index in [-0.39, 0.29) is 35.9 Å². The lowest BCUT2D eigenvalue weighted by Crippen LogP contribution is -2.36. The van der Waals surface area contributed by atoms with Crippen molar-refractivity contribution >= 4 is 23.2 Å². The molecule has 1 aliphatic rings. The van der Waals surface area contributed by atoms with Crippen LogP contribution in [0.2, 0.25) is 0 Å². The highest BCUT2D eigenvalue weighted by Crippen LogP contribution is 2.36. The van der Waals surface area contributed by atoms with Crippen molar-refractivity contribution in [2.75, 3.05) is 6.54 Å². The molecule has 2 amide bonds. The van der Waals surface area contributed by atoms with Crippen molar-refractivity contribution in [2.45, 2.75) is 70.4 Å². The molecule has 0 radical (unpaired) electrons. The Kier molecular flexibility index (Phi) is 10.8. The quantitative estimate of drug-likeness (QED) is 0.139. The number of carbonyl (C=O) groups is 2. The van der Waals surface area contributed by atoms with Gasteiger partial charge in [0.25, 0.3) is 18.2 Å². The Morgan fingerprint density at radius 3 is 2.48 bits per heavy atom. The van der Waals surface area contributed by atoms with Crippen LogP contribution in [0.25, 0.3) is 0 Å². The number of likely N-dealkylation sites (tertiary alicyclic amines) is 1. The molecule has 254 valence electrons. The molecule has 4 aromatic rings. The number of hydrogen-bond donors (Lipinski definition) is 3. The Balaban J connectivity index is 1.33. The lowest BCUT2D eigenvalue weighted by molar-refractivity contribution is -0.137. The van der Waals surface area contributed by atoms with Crippen LogP contribution in [0, 0.1) is 6.92 Å². The molecule has 48 heavy (non-hydrogen) atoms. The number of amides is 2. The third-order valence-corrected chi connectivity index (χ3v) is 9.26. The molecule has 5 rings (SSSR count). The number of aromatic nitrogens is 1. The summed E-state index contributed by atoms with van der Waals surface area (Å²) in [6, 6.07) is 13.4. The van der Waals surface area contributed by atoms with E-state index in [4.69, 9.17) is 0 Å². The Morgan fingerprint density at radius 2 is 1.79 bits per heavy atom. The zero-order chi connectivity index (χ0) is 34.6. The standard InChI is InChI=1S/C35H35F5N4O3S/c1-20(12-29(23-7-4-9-28(45)17-23)41-18-22-6-3-8-27(13-22)35(38,39)40)42-32(46)25-14-24(31(36)37)15-26(16-25)34(47)44-11-5-10-30(44)33-43-21(2)19-48-33/h3-4,6-9,13-17,19-20,29-31,41,45H,5,10-12,18H2,1-2H3,(H,42,46)/t20-,29?,30+/m0/s1. The summed E-state index contributed by atoms with van der Waals surface area (Å²) in [5.74, 6) is -1.14. The lowest BCUT2D eigenvalue weighted by Gasteiger charge is -2.25. The van der Waals surface area contributed by atoms with Crippen LogP contribution in [-0.4, -0.2) is 39.4 Å². The molecule has 0 saturated carbocycles. The summed E-state index contributed by atoms with van der Waals surface area (Å²) < 4.78 is 67.8. The maximum absolute atomic E-state index is 14.0. The van der Waals surface area contributed by atoms with Gasteiger partial charge in [0.15, 0.2) is 0 Å². The number of nitrogens with one attached hydrogen (secondary N) is 2. The second kappa shape index (κ2) is 14.8. The monoisotopic (exact) mass is 686 g/mol. The maximum Gasteiger partial charge on any atom is 0.416 e. The molecule has 3 aromatic carbocycles. The zero-order valence-corrected chi connectivity index (χ0v) is 27.0. The molecule has 1 aliphatic heterocycles. The topological polar surface area (TPSA) is 94.6 Å². The summed E-state index contributed by atoms with van der Waals surface area (Å²) >= 11 is 1.44. The van der Waals surface area contributed by atoms with E-state index < -0.39 is 47.6 Å². The third kappa shape index (κ3) is 8.56. The largest absolute Gasteiger partial charge is 0.508 e. The normalized spacial score (nSPS) is 16.2. The number of nitrogens with zero attached hydrogens (tertiary/aromatic N) is 2. The minimum absolute atomic E-state index is 0.0127. The molecular formula is C35H35F5N4O3S.